The minimum Gasteiger partial charge on any atom is -0.494 e. The Morgan fingerprint density at radius 3 is 2.70 bits per heavy atom. The summed E-state index contributed by atoms with van der Waals surface area (Å²) in [4.78, 5) is 0. The maximum Gasteiger partial charge on any atom is 0.146 e. The molecule has 2 aromatic carbocycles. The van der Waals surface area contributed by atoms with Gasteiger partial charge in [-0.15, -0.1) is 0 Å². The molecule has 0 spiro atoms. The van der Waals surface area contributed by atoms with Crippen LogP contribution in [0.5, 0.6) is 5.75 Å². The van der Waals surface area contributed by atoms with Gasteiger partial charge in [0.25, 0.3) is 0 Å². The summed E-state index contributed by atoms with van der Waals surface area (Å²) in [7, 11) is 0. The van der Waals surface area contributed by atoms with Crippen molar-refractivity contribution in [1.82, 2.24) is 0 Å². The van der Waals surface area contributed by atoms with Crippen LogP contribution in [-0.4, -0.2) is 18.3 Å². The fraction of sp³-hybridized carbons (Fsp3) is 0.250. The molecular weight excluding hydrogens is 257 g/mol. The Hall–Kier alpha value is -2.07. The summed E-state index contributed by atoms with van der Waals surface area (Å²) in [5, 5.41) is 12.5. The molecule has 2 rings (SSSR count). The number of hydrogen-bond donors (Lipinski definition) is 2. The lowest BCUT2D eigenvalue weighted by molar-refractivity contribution is 0.275. The van der Waals surface area contributed by atoms with Gasteiger partial charge >= 0.3 is 0 Å². The van der Waals surface area contributed by atoms with Gasteiger partial charge in [-0.05, 0) is 36.8 Å². The van der Waals surface area contributed by atoms with Gasteiger partial charge in [0.1, 0.15) is 11.6 Å². The van der Waals surface area contributed by atoms with Crippen LogP contribution in [-0.2, 0) is 0 Å². The molecule has 0 aliphatic rings. The topological polar surface area (TPSA) is 41.5 Å². The van der Waals surface area contributed by atoms with E-state index in [4.69, 9.17) is 4.74 Å². The summed E-state index contributed by atoms with van der Waals surface area (Å²) in [6.45, 7) is 2.35. The predicted molar refractivity (Wildman–Crippen MR) is 77.5 cm³/mol. The summed E-state index contributed by atoms with van der Waals surface area (Å²) in [6.07, 6.45) is 0. The molecule has 4 heteroatoms. The van der Waals surface area contributed by atoms with Crippen LogP contribution in [0.3, 0.4) is 0 Å². The van der Waals surface area contributed by atoms with Crippen molar-refractivity contribution in [2.24, 2.45) is 0 Å². The number of rotatable bonds is 6. The van der Waals surface area contributed by atoms with Gasteiger partial charge in [-0.25, -0.2) is 4.39 Å². The Morgan fingerprint density at radius 2 is 2.00 bits per heavy atom. The van der Waals surface area contributed by atoms with E-state index in [2.05, 4.69) is 5.32 Å². The first-order valence-corrected chi connectivity index (χ1v) is 6.59. The summed E-state index contributed by atoms with van der Waals surface area (Å²) in [6, 6.07) is 13.4. The first-order chi connectivity index (χ1) is 9.74. The number of ether oxygens (including phenoxy) is 1. The number of benzene rings is 2. The van der Waals surface area contributed by atoms with Crippen molar-refractivity contribution >= 4 is 5.69 Å². The number of para-hydroxylation sites is 1. The SMILES string of the molecule is CCOc1cccc(C(CO)Nc2ccccc2F)c1. The van der Waals surface area contributed by atoms with E-state index in [0.29, 0.717) is 12.3 Å². The van der Waals surface area contributed by atoms with Gasteiger partial charge in [0.05, 0.1) is 24.9 Å². The summed E-state index contributed by atoms with van der Waals surface area (Å²) in [5.41, 5.74) is 1.22. The van der Waals surface area contributed by atoms with Gasteiger partial charge in [-0.3, -0.25) is 0 Å². The minimum absolute atomic E-state index is 0.135. The van der Waals surface area contributed by atoms with E-state index in [9.17, 15) is 9.50 Å². The Balaban J connectivity index is 2.20. The Labute approximate surface area is 118 Å². The van der Waals surface area contributed by atoms with Crippen LogP contribution in [0.2, 0.25) is 0 Å². The molecule has 1 atom stereocenters. The molecule has 0 heterocycles. The van der Waals surface area contributed by atoms with E-state index in [-0.39, 0.29) is 18.5 Å². The van der Waals surface area contributed by atoms with E-state index >= 15 is 0 Å². The highest BCUT2D eigenvalue weighted by Gasteiger charge is 2.12. The van der Waals surface area contributed by atoms with E-state index in [1.165, 1.54) is 6.07 Å². The Bertz CT molecular complexity index is 560. The normalized spacial score (nSPS) is 11.9. The van der Waals surface area contributed by atoms with E-state index in [1.54, 1.807) is 18.2 Å². The molecule has 0 radical (unpaired) electrons. The molecule has 0 fully saturated rings. The van der Waals surface area contributed by atoms with Gasteiger partial charge in [0.2, 0.25) is 0 Å². The van der Waals surface area contributed by atoms with Crippen LogP contribution in [0, 0.1) is 5.82 Å². The van der Waals surface area contributed by atoms with Gasteiger partial charge in [-0.2, -0.15) is 0 Å². The average Bonchev–Trinajstić information content (AvgIpc) is 2.47. The molecule has 0 aliphatic carbocycles. The summed E-state index contributed by atoms with van der Waals surface area (Å²) in [5.74, 6) is 0.394. The molecule has 2 N–H and O–H groups in total. The molecular formula is C16H18FNO2. The first-order valence-electron chi connectivity index (χ1n) is 6.59. The molecule has 0 bridgehead atoms. The molecule has 0 aliphatic heterocycles. The molecule has 106 valence electrons. The maximum absolute atomic E-state index is 13.6. The monoisotopic (exact) mass is 275 g/mol. The van der Waals surface area contributed by atoms with Crippen molar-refractivity contribution in [2.75, 3.05) is 18.5 Å². The average molecular weight is 275 g/mol. The molecule has 20 heavy (non-hydrogen) atoms. The molecule has 0 aromatic heterocycles. The summed E-state index contributed by atoms with van der Waals surface area (Å²) < 4.78 is 19.1. The number of aliphatic hydroxyl groups excluding tert-OH is 1. The zero-order valence-corrected chi connectivity index (χ0v) is 11.3. The Morgan fingerprint density at radius 1 is 1.20 bits per heavy atom. The van der Waals surface area contributed by atoms with Gasteiger partial charge in [-0.1, -0.05) is 24.3 Å². The van der Waals surface area contributed by atoms with Crippen LogP contribution in [0.4, 0.5) is 10.1 Å². The van der Waals surface area contributed by atoms with Crippen LogP contribution in [0.1, 0.15) is 18.5 Å². The molecule has 0 amide bonds. The second kappa shape index (κ2) is 6.91. The standard InChI is InChI=1S/C16H18FNO2/c1-2-20-13-7-5-6-12(10-13)16(11-19)18-15-9-4-3-8-14(15)17/h3-10,16,18-19H,2,11H2,1H3. The lowest BCUT2D eigenvalue weighted by Crippen LogP contribution is -2.15. The third kappa shape index (κ3) is 3.48. The lowest BCUT2D eigenvalue weighted by atomic mass is 10.1. The van der Waals surface area contributed by atoms with Crippen LogP contribution in [0.25, 0.3) is 0 Å². The van der Waals surface area contributed by atoms with Crippen molar-refractivity contribution in [3.05, 3.63) is 59.9 Å². The predicted octanol–water partition coefficient (Wildman–Crippen LogP) is 3.37. The number of aliphatic hydroxyl groups is 1. The minimum atomic E-state index is -0.382. The lowest BCUT2D eigenvalue weighted by Gasteiger charge is -2.19. The molecule has 1 unspecified atom stereocenters. The third-order valence-corrected chi connectivity index (χ3v) is 2.96. The summed E-state index contributed by atoms with van der Waals surface area (Å²) >= 11 is 0. The van der Waals surface area contributed by atoms with Gasteiger partial charge in [0.15, 0.2) is 0 Å². The van der Waals surface area contributed by atoms with Crippen LogP contribution in [0.15, 0.2) is 48.5 Å². The van der Waals surface area contributed by atoms with Gasteiger partial charge in [0, 0.05) is 0 Å². The number of anilines is 1. The van der Waals surface area contributed by atoms with Crippen LogP contribution < -0.4 is 10.1 Å². The van der Waals surface area contributed by atoms with E-state index < -0.39 is 0 Å². The van der Waals surface area contributed by atoms with Crippen molar-refractivity contribution in [3.8, 4) is 5.75 Å². The highest BCUT2D eigenvalue weighted by molar-refractivity contribution is 5.47. The van der Waals surface area contributed by atoms with E-state index in [0.717, 1.165) is 11.3 Å². The number of nitrogens with one attached hydrogen (secondary N) is 1. The quantitative estimate of drug-likeness (QED) is 0.849. The number of hydrogen-bond acceptors (Lipinski definition) is 3. The zero-order valence-electron chi connectivity index (χ0n) is 11.3. The number of halogens is 1. The fourth-order valence-corrected chi connectivity index (χ4v) is 1.99. The second-order valence-corrected chi connectivity index (χ2v) is 4.36. The van der Waals surface area contributed by atoms with E-state index in [1.807, 2.05) is 31.2 Å². The molecule has 0 saturated heterocycles. The fourth-order valence-electron chi connectivity index (χ4n) is 1.99. The van der Waals surface area contributed by atoms with Gasteiger partial charge < -0.3 is 15.2 Å². The second-order valence-electron chi connectivity index (χ2n) is 4.36. The molecule has 3 nitrogen and oxygen atoms in total. The van der Waals surface area contributed by atoms with Crippen LogP contribution >= 0.6 is 0 Å². The zero-order chi connectivity index (χ0) is 14.4. The van der Waals surface area contributed by atoms with Crippen molar-refractivity contribution in [3.63, 3.8) is 0 Å². The maximum atomic E-state index is 13.6. The molecule has 0 saturated carbocycles. The Kier molecular flexibility index (Phi) is 4.96. The first kappa shape index (κ1) is 14.3. The van der Waals surface area contributed by atoms with Crippen molar-refractivity contribution < 1.29 is 14.2 Å². The largest absolute Gasteiger partial charge is 0.494 e. The van der Waals surface area contributed by atoms with Crippen molar-refractivity contribution in [1.29, 1.82) is 0 Å². The highest BCUT2D eigenvalue weighted by atomic mass is 19.1. The highest BCUT2D eigenvalue weighted by Crippen LogP contribution is 2.24. The smallest absolute Gasteiger partial charge is 0.146 e. The molecule has 2 aromatic rings. The third-order valence-electron chi connectivity index (χ3n) is 2.96. The van der Waals surface area contributed by atoms with Crippen molar-refractivity contribution in [2.45, 2.75) is 13.0 Å².